The third-order valence-electron chi connectivity index (χ3n) is 4.61. The predicted molar refractivity (Wildman–Crippen MR) is 114 cm³/mol. The lowest BCUT2D eigenvalue weighted by molar-refractivity contribution is 0.0729. The van der Waals surface area contributed by atoms with E-state index in [0.29, 0.717) is 33.2 Å². The van der Waals surface area contributed by atoms with Crippen molar-refractivity contribution in [1.82, 2.24) is 0 Å². The molecule has 4 rings (SSSR count). The van der Waals surface area contributed by atoms with Crippen molar-refractivity contribution in [3.8, 4) is 17.2 Å². The van der Waals surface area contributed by atoms with Gasteiger partial charge in [-0.05, 0) is 61.0 Å². The minimum atomic E-state index is -0.485. The number of allylic oxidation sites excluding steroid dienone is 1. The molecular formula is C24H17ClO5. The SMILES string of the molecule is COc1cc(/C=C2/Oc3ccc(Cl)cc3C2=O)ccc1OC(=O)c1ccc(C)cc1. The number of benzene rings is 3. The molecule has 0 aliphatic carbocycles. The number of hydrogen-bond donors (Lipinski definition) is 0. The molecule has 1 aliphatic rings. The van der Waals surface area contributed by atoms with Crippen LogP contribution in [0.5, 0.6) is 17.2 Å². The Morgan fingerprint density at radius 1 is 1.00 bits per heavy atom. The van der Waals surface area contributed by atoms with Crippen molar-refractivity contribution in [1.29, 1.82) is 0 Å². The molecule has 1 aliphatic heterocycles. The van der Waals surface area contributed by atoms with Gasteiger partial charge in [-0.15, -0.1) is 0 Å². The average Bonchev–Trinajstić information content (AvgIpc) is 3.04. The maximum Gasteiger partial charge on any atom is 0.343 e. The average molecular weight is 421 g/mol. The fourth-order valence-corrected chi connectivity index (χ4v) is 3.19. The van der Waals surface area contributed by atoms with E-state index in [1.54, 1.807) is 54.6 Å². The molecule has 0 spiro atoms. The second-order valence-corrected chi connectivity index (χ2v) is 7.18. The Balaban J connectivity index is 1.57. The number of halogens is 1. The largest absolute Gasteiger partial charge is 0.493 e. The topological polar surface area (TPSA) is 61.8 Å². The third-order valence-corrected chi connectivity index (χ3v) is 4.84. The molecule has 0 radical (unpaired) electrons. The van der Waals surface area contributed by atoms with Crippen LogP contribution in [0.1, 0.15) is 31.8 Å². The zero-order chi connectivity index (χ0) is 21.3. The van der Waals surface area contributed by atoms with Crippen LogP contribution in [0.25, 0.3) is 6.08 Å². The molecule has 0 amide bonds. The summed E-state index contributed by atoms with van der Waals surface area (Å²) in [7, 11) is 1.48. The fraction of sp³-hybridized carbons (Fsp3) is 0.0833. The first-order chi connectivity index (χ1) is 14.4. The highest BCUT2D eigenvalue weighted by atomic mass is 35.5. The summed E-state index contributed by atoms with van der Waals surface area (Å²) in [6.45, 7) is 1.94. The van der Waals surface area contributed by atoms with E-state index < -0.39 is 5.97 Å². The molecule has 3 aromatic carbocycles. The highest BCUT2D eigenvalue weighted by Crippen LogP contribution is 2.35. The van der Waals surface area contributed by atoms with E-state index in [2.05, 4.69) is 0 Å². The maximum atomic E-state index is 12.5. The summed E-state index contributed by atoms with van der Waals surface area (Å²) >= 11 is 5.96. The summed E-state index contributed by atoms with van der Waals surface area (Å²) in [5.74, 6) is 0.544. The van der Waals surface area contributed by atoms with E-state index in [0.717, 1.165) is 5.56 Å². The number of rotatable bonds is 4. The number of carbonyl (C=O) groups is 2. The molecule has 0 saturated carbocycles. The van der Waals surface area contributed by atoms with Crippen LogP contribution in [0.3, 0.4) is 0 Å². The van der Waals surface area contributed by atoms with Gasteiger partial charge in [0.15, 0.2) is 17.3 Å². The van der Waals surface area contributed by atoms with E-state index in [1.807, 2.05) is 19.1 Å². The molecule has 0 aromatic heterocycles. The van der Waals surface area contributed by atoms with Crippen molar-refractivity contribution in [2.75, 3.05) is 7.11 Å². The molecule has 0 N–H and O–H groups in total. The molecule has 5 nitrogen and oxygen atoms in total. The quantitative estimate of drug-likeness (QED) is 0.317. The van der Waals surface area contributed by atoms with Gasteiger partial charge >= 0.3 is 5.97 Å². The van der Waals surface area contributed by atoms with Gasteiger partial charge in [0.05, 0.1) is 18.2 Å². The number of methoxy groups -OCH3 is 1. The third kappa shape index (κ3) is 3.93. The number of Topliss-reactive ketones (excluding diaryl/α,β-unsaturated/α-hetero) is 1. The molecule has 3 aromatic rings. The van der Waals surface area contributed by atoms with Gasteiger partial charge in [-0.3, -0.25) is 4.79 Å². The second-order valence-electron chi connectivity index (χ2n) is 6.75. The van der Waals surface area contributed by atoms with Gasteiger partial charge < -0.3 is 14.2 Å². The van der Waals surface area contributed by atoms with Crippen molar-refractivity contribution in [2.45, 2.75) is 6.92 Å². The molecule has 0 saturated heterocycles. The number of esters is 1. The number of ketones is 1. The summed E-state index contributed by atoms with van der Waals surface area (Å²) in [5, 5.41) is 0.466. The van der Waals surface area contributed by atoms with Gasteiger partial charge in [0.2, 0.25) is 5.78 Å². The van der Waals surface area contributed by atoms with Crippen LogP contribution in [0.2, 0.25) is 5.02 Å². The smallest absolute Gasteiger partial charge is 0.343 e. The first-order valence-electron chi connectivity index (χ1n) is 9.15. The first kappa shape index (κ1) is 19.7. The second kappa shape index (κ2) is 8.05. The molecule has 30 heavy (non-hydrogen) atoms. The number of fused-ring (bicyclic) bond motifs is 1. The number of carbonyl (C=O) groups excluding carboxylic acids is 2. The Kier molecular flexibility index (Phi) is 5.29. The van der Waals surface area contributed by atoms with Crippen molar-refractivity contribution in [3.05, 3.63) is 93.7 Å². The standard InChI is InChI=1S/C24H17ClO5/c1-14-3-6-16(7-4-14)24(27)30-20-9-5-15(11-21(20)28-2)12-22-23(26)18-13-17(25)8-10-19(18)29-22/h3-13H,1-2H3/b22-12+. The van der Waals surface area contributed by atoms with Crippen LogP contribution >= 0.6 is 11.6 Å². The molecule has 1 heterocycles. The summed E-state index contributed by atoms with van der Waals surface area (Å²) in [6, 6.07) is 17.0. The van der Waals surface area contributed by atoms with E-state index in [9.17, 15) is 9.59 Å². The molecular weight excluding hydrogens is 404 g/mol. The Morgan fingerprint density at radius 3 is 2.50 bits per heavy atom. The summed E-state index contributed by atoms with van der Waals surface area (Å²) < 4.78 is 16.5. The lowest BCUT2D eigenvalue weighted by Crippen LogP contribution is -2.09. The van der Waals surface area contributed by atoms with Crippen LogP contribution in [0.15, 0.2) is 66.4 Å². The highest BCUT2D eigenvalue weighted by molar-refractivity contribution is 6.31. The molecule has 0 fully saturated rings. The zero-order valence-corrected chi connectivity index (χ0v) is 17.0. The maximum absolute atomic E-state index is 12.5. The molecule has 6 heteroatoms. The van der Waals surface area contributed by atoms with Gasteiger partial charge in [0.1, 0.15) is 5.75 Å². The lowest BCUT2D eigenvalue weighted by atomic mass is 10.1. The van der Waals surface area contributed by atoms with Crippen molar-refractivity contribution in [2.24, 2.45) is 0 Å². The predicted octanol–water partition coefficient (Wildman–Crippen LogP) is 5.49. The van der Waals surface area contributed by atoms with Gasteiger partial charge in [0.25, 0.3) is 0 Å². The van der Waals surface area contributed by atoms with Crippen molar-refractivity contribution in [3.63, 3.8) is 0 Å². The van der Waals surface area contributed by atoms with Gasteiger partial charge in [-0.2, -0.15) is 0 Å². The van der Waals surface area contributed by atoms with E-state index in [-0.39, 0.29) is 17.3 Å². The van der Waals surface area contributed by atoms with E-state index >= 15 is 0 Å². The fourth-order valence-electron chi connectivity index (χ4n) is 3.02. The minimum absolute atomic E-state index is 0.179. The van der Waals surface area contributed by atoms with Crippen molar-refractivity contribution >= 4 is 29.4 Å². The van der Waals surface area contributed by atoms with Crippen LogP contribution < -0.4 is 14.2 Å². The van der Waals surface area contributed by atoms with Crippen LogP contribution in [0, 0.1) is 6.92 Å². The molecule has 0 atom stereocenters. The number of aryl methyl sites for hydroxylation is 1. The van der Waals surface area contributed by atoms with E-state index in [1.165, 1.54) is 7.11 Å². The highest BCUT2D eigenvalue weighted by Gasteiger charge is 2.27. The Bertz CT molecular complexity index is 1180. The molecule has 0 unspecified atom stereocenters. The molecule has 0 bridgehead atoms. The Morgan fingerprint density at radius 2 is 1.77 bits per heavy atom. The van der Waals surface area contributed by atoms with Gasteiger partial charge in [-0.25, -0.2) is 4.79 Å². The first-order valence-corrected chi connectivity index (χ1v) is 9.53. The van der Waals surface area contributed by atoms with Crippen LogP contribution in [-0.2, 0) is 0 Å². The normalized spacial score (nSPS) is 13.7. The van der Waals surface area contributed by atoms with E-state index in [4.69, 9.17) is 25.8 Å². The minimum Gasteiger partial charge on any atom is -0.493 e. The van der Waals surface area contributed by atoms with Crippen LogP contribution in [-0.4, -0.2) is 18.9 Å². The Labute approximate surface area is 178 Å². The zero-order valence-electron chi connectivity index (χ0n) is 16.3. The summed E-state index contributed by atoms with van der Waals surface area (Å²) in [5.41, 5.74) is 2.57. The summed E-state index contributed by atoms with van der Waals surface area (Å²) in [6.07, 6.45) is 1.60. The summed E-state index contributed by atoms with van der Waals surface area (Å²) in [4.78, 5) is 24.9. The number of hydrogen-bond acceptors (Lipinski definition) is 5. The Hall–Kier alpha value is -3.57. The van der Waals surface area contributed by atoms with Crippen molar-refractivity contribution < 1.29 is 23.8 Å². The lowest BCUT2D eigenvalue weighted by Gasteiger charge is -2.10. The molecule has 150 valence electrons. The van der Waals surface area contributed by atoms with Gasteiger partial charge in [0, 0.05) is 5.02 Å². The van der Waals surface area contributed by atoms with Crippen LogP contribution in [0.4, 0.5) is 0 Å². The monoisotopic (exact) mass is 420 g/mol. The van der Waals surface area contributed by atoms with Gasteiger partial charge in [-0.1, -0.05) is 35.4 Å². The number of ether oxygens (including phenoxy) is 3.